The van der Waals surface area contributed by atoms with Crippen LogP contribution in [0, 0.1) is 0 Å². The average molecular weight is 530 g/mol. The molecule has 0 saturated carbocycles. The van der Waals surface area contributed by atoms with E-state index >= 15 is 0 Å². The Hall–Kier alpha value is -3.74. The number of ether oxygens (including phenoxy) is 1. The second-order valence-electron chi connectivity index (χ2n) is 7.91. The van der Waals surface area contributed by atoms with Gasteiger partial charge in [0.15, 0.2) is 0 Å². The number of aromatic amines is 1. The molecule has 188 valence electrons. The molecule has 7 heteroatoms. The van der Waals surface area contributed by atoms with Gasteiger partial charge in [0.1, 0.15) is 11.4 Å². The molecule has 0 aliphatic carbocycles. The molecule has 0 aliphatic rings. The molecule has 1 amide bonds. The number of rotatable bonds is 6. The van der Waals surface area contributed by atoms with Crippen LogP contribution in [0.3, 0.4) is 0 Å². The zero-order valence-electron chi connectivity index (χ0n) is 21.1. The number of benzene rings is 4. The first-order chi connectivity index (χ1) is 18.1. The van der Waals surface area contributed by atoms with Gasteiger partial charge in [0, 0.05) is 27.1 Å². The van der Waals surface area contributed by atoms with Crippen LogP contribution in [0.25, 0.3) is 33.3 Å². The first-order valence-electron chi connectivity index (χ1n) is 11.9. The number of carbonyl (C=O) groups excluding carboxylic acids is 1. The van der Waals surface area contributed by atoms with Crippen molar-refractivity contribution in [2.75, 3.05) is 18.7 Å². The number of nitrogens with one attached hydrogen (secondary N) is 2. The number of fused-ring (bicyclic) bond motifs is 1. The third kappa shape index (κ3) is 5.66. The number of carbonyl (C=O) groups is 1. The molecule has 2 N–H and O–H groups in total. The van der Waals surface area contributed by atoms with Crippen LogP contribution in [-0.2, 0) is 0 Å². The summed E-state index contributed by atoms with van der Waals surface area (Å²) in [6.45, 7) is 4.00. The summed E-state index contributed by atoms with van der Waals surface area (Å²) >= 11 is 8.16. The number of nitrogens with zero attached hydrogens (tertiary/aromatic N) is 1. The number of amides is 1. The first-order valence-corrected chi connectivity index (χ1v) is 13.5. The van der Waals surface area contributed by atoms with Crippen molar-refractivity contribution < 1.29 is 9.53 Å². The average Bonchev–Trinajstić information content (AvgIpc) is 3.39. The highest BCUT2D eigenvalue weighted by atomic mass is 35.5. The number of methoxy groups -OCH3 is 1. The summed E-state index contributed by atoms with van der Waals surface area (Å²) in [5.74, 6) is 0.521. The molecule has 1 aromatic heterocycles. The van der Waals surface area contributed by atoms with Crippen molar-refractivity contribution in [1.82, 2.24) is 10.2 Å². The smallest absolute Gasteiger partial charge is 0.256 e. The van der Waals surface area contributed by atoms with Crippen molar-refractivity contribution in [3.8, 4) is 28.1 Å². The van der Waals surface area contributed by atoms with Gasteiger partial charge in [0.05, 0.1) is 17.6 Å². The molecular weight excluding hydrogens is 502 g/mol. The number of halogens is 1. The Labute approximate surface area is 226 Å². The Bertz CT molecular complexity index is 1550. The lowest BCUT2D eigenvalue weighted by atomic mass is 9.98. The van der Waals surface area contributed by atoms with Crippen molar-refractivity contribution >= 4 is 45.9 Å². The second-order valence-corrected chi connectivity index (χ2v) is 9.20. The summed E-state index contributed by atoms with van der Waals surface area (Å²) in [5.41, 5.74) is 5.34. The Kier molecular flexibility index (Phi) is 8.54. The van der Waals surface area contributed by atoms with Gasteiger partial charge in [-0.25, -0.2) is 0 Å². The van der Waals surface area contributed by atoms with Crippen LogP contribution in [-0.4, -0.2) is 29.5 Å². The maximum atomic E-state index is 13.5. The van der Waals surface area contributed by atoms with Crippen molar-refractivity contribution in [3.63, 3.8) is 0 Å². The molecule has 4 aromatic carbocycles. The minimum Gasteiger partial charge on any atom is -0.497 e. The SMILES string of the molecule is CC.COc1cccc(-c2cc(SC)ccc2C(=O)Nc2ccc(Cl)c(-c3n[nH]c4ccccc34)c2)c1. The highest BCUT2D eigenvalue weighted by Crippen LogP contribution is 2.35. The Morgan fingerprint density at radius 2 is 1.76 bits per heavy atom. The third-order valence-corrected chi connectivity index (χ3v) is 6.86. The monoisotopic (exact) mass is 529 g/mol. The van der Waals surface area contributed by atoms with Crippen LogP contribution in [0.5, 0.6) is 5.75 Å². The standard InChI is InChI=1S/C28H22ClN3O2S.C2H6/c1-34-19-7-5-6-17(14-19)23-16-20(35-2)11-12-21(23)28(33)30-18-10-13-25(29)24(15-18)27-22-8-3-4-9-26(22)31-32-27;1-2/h3-16H,1-2H3,(H,30,33)(H,31,32);1-2H3. The van der Waals surface area contributed by atoms with E-state index in [9.17, 15) is 4.79 Å². The molecule has 37 heavy (non-hydrogen) atoms. The van der Waals surface area contributed by atoms with E-state index in [-0.39, 0.29) is 5.91 Å². The number of anilines is 1. The number of hydrogen-bond acceptors (Lipinski definition) is 4. The summed E-state index contributed by atoms with van der Waals surface area (Å²) < 4.78 is 5.39. The van der Waals surface area contributed by atoms with Crippen molar-refractivity contribution in [3.05, 3.63) is 95.5 Å². The fourth-order valence-electron chi connectivity index (χ4n) is 4.03. The third-order valence-electron chi connectivity index (χ3n) is 5.80. The van der Waals surface area contributed by atoms with Gasteiger partial charge in [-0.15, -0.1) is 11.8 Å². The van der Waals surface area contributed by atoms with E-state index in [2.05, 4.69) is 15.5 Å². The normalized spacial score (nSPS) is 10.5. The Morgan fingerprint density at radius 1 is 0.946 bits per heavy atom. The van der Waals surface area contributed by atoms with E-state index in [0.29, 0.717) is 16.3 Å². The summed E-state index contributed by atoms with van der Waals surface area (Å²) in [4.78, 5) is 14.5. The molecule has 0 atom stereocenters. The Balaban J connectivity index is 0.00000156. The van der Waals surface area contributed by atoms with Crippen molar-refractivity contribution in [2.24, 2.45) is 0 Å². The lowest BCUT2D eigenvalue weighted by Crippen LogP contribution is -2.13. The van der Waals surface area contributed by atoms with Crippen LogP contribution in [0.4, 0.5) is 5.69 Å². The van der Waals surface area contributed by atoms with E-state index in [1.807, 2.05) is 92.9 Å². The molecule has 5 rings (SSSR count). The van der Waals surface area contributed by atoms with Crippen molar-refractivity contribution in [1.29, 1.82) is 0 Å². The van der Waals surface area contributed by atoms with Gasteiger partial charge in [-0.1, -0.05) is 55.8 Å². The summed E-state index contributed by atoms with van der Waals surface area (Å²) in [7, 11) is 1.63. The number of aromatic nitrogens is 2. The van der Waals surface area contributed by atoms with E-state index in [1.165, 1.54) is 0 Å². The van der Waals surface area contributed by atoms with E-state index < -0.39 is 0 Å². The maximum Gasteiger partial charge on any atom is 0.256 e. The molecule has 0 radical (unpaired) electrons. The fourth-order valence-corrected chi connectivity index (χ4v) is 4.68. The van der Waals surface area contributed by atoms with Gasteiger partial charge in [0.25, 0.3) is 5.91 Å². The van der Waals surface area contributed by atoms with Crippen LogP contribution >= 0.6 is 23.4 Å². The maximum absolute atomic E-state index is 13.5. The zero-order valence-corrected chi connectivity index (χ0v) is 22.7. The minimum atomic E-state index is -0.212. The minimum absolute atomic E-state index is 0.212. The lowest BCUT2D eigenvalue weighted by Gasteiger charge is -2.14. The molecule has 5 aromatic rings. The molecule has 0 unspecified atom stereocenters. The van der Waals surface area contributed by atoms with E-state index in [4.69, 9.17) is 16.3 Å². The number of H-pyrrole nitrogens is 1. The summed E-state index contributed by atoms with van der Waals surface area (Å²) in [6.07, 6.45) is 2.01. The zero-order chi connectivity index (χ0) is 26.4. The van der Waals surface area contributed by atoms with Gasteiger partial charge in [0.2, 0.25) is 0 Å². The number of para-hydroxylation sites is 1. The second kappa shape index (κ2) is 12.0. The van der Waals surface area contributed by atoms with Crippen LogP contribution < -0.4 is 10.1 Å². The topological polar surface area (TPSA) is 67.0 Å². The molecule has 0 bridgehead atoms. The van der Waals surface area contributed by atoms with Crippen molar-refractivity contribution in [2.45, 2.75) is 18.7 Å². The molecule has 0 spiro atoms. The Morgan fingerprint density at radius 3 is 2.54 bits per heavy atom. The highest BCUT2D eigenvalue weighted by Gasteiger charge is 2.17. The molecule has 1 heterocycles. The number of hydrogen-bond donors (Lipinski definition) is 2. The predicted octanol–water partition coefficient (Wildman–Crippen LogP) is 8.56. The van der Waals surface area contributed by atoms with Gasteiger partial charge in [-0.05, 0) is 72.0 Å². The van der Waals surface area contributed by atoms with Crippen LogP contribution in [0.15, 0.2) is 89.8 Å². The molecule has 0 aliphatic heterocycles. The lowest BCUT2D eigenvalue weighted by molar-refractivity contribution is 0.102. The fraction of sp³-hybridized carbons (Fsp3) is 0.133. The van der Waals surface area contributed by atoms with Crippen LogP contribution in [0.2, 0.25) is 5.02 Å². The summed E-state index contributed by atoms with van der Waals surface area (Å²) in [5, 5.41) is 12.1. The molecule has 5 nitrogen and oxygen atoms in total. The largest absolute Gasteiger partial charge is 0.497 e. The van der Waals surface area contributed by atoms with Gasteiger partial charge >= 0.3 is 0 Å². The quantitative estimate of drug-likeness (QED) is 0.216. The highest BCUT2D eigenvalue weighted by molar-refractivity contribution is 7.98. The predicted molar refractivity (Wildman–Crippen MR) is 156 cm³/mol. The van der Waals surface area contributed by atoms with Crippen LogP contribution in [0.1, 0.15) is 24.2 Å². The van der Waals surface area contributed by atoms with E-state index in [1.54, 1.807) is 31.0 Å². The van der Waals surface area contributed by atoms with Gasteiger partial charge in [-0.3, -0.25) is 9.89 Å². The number of thioether (sulfide) groups is 1. The van der Waals surface area contributed by atoms with Gasteiger partial charge < -0.3 is 10.1 Å². The van der Waals surface area contributed by atoms with E-state index in [0.717, 1.165) is 43.9 Å². The van der Waals surface area contributed by atoms with Gasteiger partial charge in [-0.2, -0.15) is 5.10 Å². The molecule has 0 fully saturated rings. The molecular formula is C30H28ClN3O2S. The first kappa shape index (κ1) is 26.3. The molecule has 0 saturated heterocycles. The summed E-state index contributed by atoms with van der Waals surface area (Å²) in [6, 6.07) is 26.8.